The molecule has 0 aromatic rings. The van der Waals surface area contributed by atoms with Gasteiger partial charge in [-0.15, -0.1) is 0 Å². The summed E-state index contributed by atoms with van der Waals surface area (Å²) in [6.07, 6.45) is 5.88. The topological polar surface area (TPSA) is 38.7 Å². The minimum Gasteiger partial charge on any atom is -0.396 e. The van der Waals surface area contributed by atoms with Crippen molar-refractivity contribution in [3.8, 4) is 0 Å². The monoisotopic (exact) mass is 246 g/mol. The van der Waals surface area contributed by atoms with Crippen LogP contribution in [0.3, 0.4) is 0 Å². The molecule has 1 N–H and O–H groups in total. The van der Waals surface area contributed by atoms with Crippen LogP contribution in [0.5, 0.6) is 0 Å². The van der Waals surface area contributed by atoms with E-state index in [1.54, 1.807) is 0 Å². The molecule has 0 fully saturated rings. The summed E-state index contributed by atoms with van der Waals surface area (Å²) in [7, 11) is 0. The van der Waals surface area contributed by atoms with Crippen molar-refractivity contribution in [2.24, 2.45) is 5.92 Å². The second-order valence-electron chi connectivity index (χ2n) is 4.71. The summed E-state index contributed by atoms with van der Waals surface area (Å²) in [5, 5.41) is 8.61. The highest BCUT2D eigenvalue weighted by molar-refractivity contribution is 4.58. The summed E-state index contributed by atoms with van der Waals surface area (Å²) in [5.41, 5.74) is 0. The average Bonchev–Trinajstić information content (AvgIpc) is 2.35. The standard InChI is InChI=1S/C14H30O3/c1-4-6-8-14(5-2)12-17-13(3)11-16-10-7-9-15/h13-15H,4-12H2,1-3H3. The average molecular weight is 246 g/mol. The molecule has 3 heteroatoms. The first-order valence-corrected chi connectivity index (χ1v) is 7.04. The third-order valence-corrected chi connectivity index (χ3v) is 2.96. The Kier molecular flexibility index (Phi) is 12.3. The molecule has 0 aliphatic carbocycles. The predicted molar refractivity (Wildman–Crippen MR) is 71.2 cm³/mol. The molecule has 0 saturated heterocycles. The van der Waals surface area contributed by atoms with Gasteiger partial charge in [0.1, 0.15) is 0 Å². The molecule has 0 spiro atoms. The van der Waals surface area contributed by atoms with Gasteiger partial charge in [0, 0.05) is 19.8 Å². The smallest absolute Gasteiger partial charge is 0.0780 e. The van der Waals surface area contributed by atoms with Crippen molar-refractivity contribution >= 4 is 0 Å². The van der Waals surface area contributed by atoms with E-state index in [0.29, 0.717) is 25.6 Å². The lowest BCUT2D eigenvalue weighted by atomic mass is 10.0. The van der Waals surface area contributed by atoms with Gasteiger partial charge in [-0.1, -0.05) is 33.1 Å². The molecule has 0 aliphatic heterocycles. The molecule has 104 valence electrons. The zero-order valence-corrected chi connectivity index (χ0v) is 11.8. The lowest BCUT2D eigenvalue weighted by molar-refractivity contribution is -0.0234. The fourth-order valence-electron chi connectivity index (χ4n) is 1.66. The summed E-state index contributed by atoms with van der Waals surface area (Å²) < 4.78 is 11.2. The van der Waals surface area contributed by atoms with Crippen LogP contribution in [0.2, 0.25) is 0 Å². The first kappa shape index (κ1) is 16.9. The number of rotatable bonds is 12. The van der Waals surface area contributed by atoms with Gasteiger partial charge in [0.25, 0.3) is 0 Å². The number of unbranched alkanes of at least 4 members (excludes halogenated alkanes) is 1. The fraction of sp³-hybridized carbons (Fsp3) is 1.00. The maximum absolute atomic E-state index is 8.61. The number of aliphatic hydroxyl groups excluding tert-OH is 1. The van der Waals surface area contributed by atoms with E-state index in [2.05, 4.69) is 13.8 Å². The Morgan fingerprint density at radius 2 is 1.88 bits per heavy atom. The molecule has 0 amide bonds. The lowest BCUT2D eigenvalue weighted by Gasteiger charge is -2.19. The van der Waals surface area contributed by atoms with Crippen LogP contribution in [-0.2, 0) is 9.47 Å². The molecular formula is C14H30O3. The molecule has 0 heterocycles. The molecule has 0 aromatic carbocycles. The highest BCUT2D eigenvalue weighted by Crippen LogP contribution is 2.13. The van der Waals surface area contributed by atoms with Crippen molar-refractivity contribution in [3.05, 3.63) is 0 Å². The van der Waals surface area contributed by atoms with Gasteiger partial charge in [-0.3, -0.25) is 0 Å². The number of hydrogen-bond donors (Lipinski definition) is 1. The third-order valence-electron chi connectivity index (χ3n) is 2.96. The van der Waals surface area contributed by atoms with Crippen LogP contribution >= 0.6 is 0 Å². The zero-order valence-electron chi connectivity index (χ0n) is 11.8. The highest BCUT2D eigenvalue weighted by atomic mass is 16.5. The second-order valence-corrected chi connectivity index (χ2v) is 4.71. The molecule has 2 unspecified atom stereocenters. The van der Waals surface area contributed by atoms with Crippen molar-refractivity contribution in [3.63, 3.8) is 0 Å². The Morgan fingerprint density at radius 3 is 2.47 bits per heavy atom. The third kappa shape index (κ3) is 10.7. The maximum Gasteiger partial charge on any atom is 0.0780 e. The van der Waals surface area contributed by atoms with Crippen LogP contribution in [0.15, 0.2) is 0 Å². The molecule has 2 atom stereocenters. The van der Waals surface area contributed by atoms with Crippen molar-refractivity contribution in [1.82, 2.24) is 0 Å². The largest absolute Gasteiger partial charge is 0.396 e. The van der Waals surface area contributed by atoms with Gasteiger partial charge in [0.05, 0.1) is 12.7 Å². The molecule has 0 radical (unpaired) electrons. The summed E-state index contributed by atoms with van der Waals surface area (Å²) >= 11 is 0. The molecule has 0 aliphatic rings. The lowest BCUT2D eigenvalue weighted by Crippen LogP contribution is -2.20. The highest BCUT2D eigenvalue weighted by Gasteiger charge is 2.09. The minimum atomic E-state index is 0.157. The summed E-state index contributed by atoms with van der Waals surface area (Å²) in [6, 6.07) is 0. The van der Waals surface area contributed by atoms with Crippen molar-refractivity contribution in [2.75, 3.05) is 26.4 Å². The predicted octanol–water partition coefficient (Wildman–Crippen LogP) is 3.01. The van der Waals surface area contributed by atoms with Crippen molar-refractivity contribution in [2.45, 2.75) is 59.0 Å². The number of aliphatic hydroxyl groups is 1. The minimum absolute atomic E-state index is 0.157. The normalized spacial score (nSPS) is 14.8. The van der Waals surface area contributed by atoms with Gasteiger partial charge < -0.3 is 14.6 Å². The van der Waals surface area contributed by atoms with Crippen LogP contribution in [-0.4, -0.2) is 37.6 Å². The van der Waals surface area contributed by atoms with Gasteiger partial charge in [-0.05, 0) is 25.7 Å². The van der Waals surface area contributed by atoms with Crippen molar-refractivity contribution < 1.29 is 14.6 Å². The van der Waals surface area contributed by atoms with Gasteiger partial charge in [0.2, 0.25) is 0 Å². The van der Waals surface area contributed by atoms with E-state index in [1.165, 1.54) is 25.7 Å². The summed E-state index contributed by atoms with van der Waals surface area (Å²) in [5.74, 6) is 0.690. The van der Waals surface area contributed by atoms with E-state index in [0.717, 1.165) is 6.61 Å². The Morgan fingerprint density at radius 1 is 1.12 bits per heavy atom. The van der Waals surface area contributed by atoms with Crippen LogP contribution in [0.1, 0.15) is 52.9 Å². The van der Waals surface area contributed by atoms with Gasteiger partial charge in [-0.25, -0.2) is 0 Å². The SMILES string of the molecule is CCCCC(CC)COC(C)COCCCO. The molecule has 0 rings (SSSR count). The van der Waals surface area contributed by atoms with Crippen LogP contribution < -0.4 is 0 Å². The van der Waals surface area contributed by atoms with E-state index in [-0.39, 0.29) is 12.7 Å². The number of hydrogen-bond acceptors (Lipinski definition) is 3. The Hall–Kier alpha value is -0.120. The van der Waals surface area contributed by atoms with Crippen LogP contribution in [0, 0.1) is 5.92 Å². The molecule has 3 nitrogen and oxygen atoms in total. The molecule has 0 aromatic heterocycles. The van der Waals surface area contributed by atoms with Crippen LogP contribution in [0.25, 0.3) is 0 Å². The fourth-order valence-corrected chi connectivity index (χ4v) is 1.66. The molecule has 0 saturated carbocycles. The summed E-state index contributed by atoms with van der Waals surface area (Å²) in [4.78, 5) is 0. The Balaban J connectivity index is 3.48. The summed E-state index contributed by atoms with van der Waals surface area (Å²) in [6.45, 7) is 8.80. The molecular weight excluding hydrogens is 216 g/mol. The quantitative estimate of drug-likeness (QED) is 0.538. The molecule has 17 heavy (non-hydrogen) atoms. The van der Waals surface area contributed by atoms with E-state index in [9.17, 15) is 0 Å². The Labute approximate surface area is 107 Å². The van der Waals surface area contributed by atoms with Gasteiger partial charge in [-0.2, -0.15) is 0 Å². The van der Waals surface area contributed by atoms with Gasteiger partial charge in [0.15, 0.2) is 0 Å². The first-order chi connectivity index (χ1) is 8.24. The van der Waals surface area contributed by atoms with E-state index >= 15 is 0 Å². The van der Waals surface area contributed by atoms with Crippen molar-refractivity contribution in [1.29, 1.82) is 0 Å². The maximum atomic E-state index is 8.61. The number of ether oxygens (including phenoxy) is 2. The first-order valence-electron chi connectivity index (χ1n) is 7.04. The second kappa shape index (κ2) is 12.3. The van der Waals surface area contributed by atoms with E-state index in [4.69, 9.17) is 14.6 Å². The van der Waals surface area contributed by atoms with Crippen LogP contribution in [0.4, 0.5) is 0 Å². The Bertz CT molecular complexity index is 150. The molecule has 0 bridgehead atoms. The van der Waals surface area contributed by atoms with E-state index in [1.807, 2.05) is 6.92 Å². The van der Waals surface area contributed by atoms with Gasteiger partial charge >= 0.3 is 0 Å². The van der Waals surface area contributed by atoms with E-state index < -0.39 is 0 Å². The zero-order chi connectivity index (χ0) is 12.9.